The van der Waals surface area contributed by atoms with Gasteiger partial charge in [-0.3, -0.25) is 0 Å². The molecule has 0 saturated heterocycles. The minimum absolute atomic E-state index is 0.261. The molecule has 0 radical (unpaired) electrons. The van der Waals surface area contributed by atoms with E-state index >= 15 is 0 Å². The van der Waals surface area contributed by atoms with Gasteiger partial charge in [-0.05, 0) is 44.0 Å². The number of thiazole rings is 1. The fraction of sp³-hybridized carbons (Fsp3) is 0.235. The van der Waals surface area contributed by atoms with Crippen molar-refractivity contribution in [2.24, 2.45) is 0 Å². The lowest BCUT2D eigenvalue weighted by Gasteiger charge is -2.13. The number of hydrogen-bond acceptors (Lipinski definition) is 3. The molecule has 1 aromatic heterocycles. The van der Waals surface area contributed by atoms with Crippen molar-refractivity contribution in [3.63, 3.8) is 0 Å². The molecular formula is C17H18N2S. The van der Waals surface area contributed by atoms with Crippen molar-refractivity contribution in [2.45, 2.75) is 26.8 Å². The molecule has 0 saturated carbocycles. The molecule has 0 aliphatic carbocycles. The average molecular weight is 282 g/mol. The second-order valence-electron chi connectivity index (χ2n) is 5.27. The van der Waals surface area contributed by atoms with Crippen LogP contribution in [0.3, 0.4) is 0 Å². The summed E-state index contributed by atoms with van der Waals surface area (Å²) in [6.45, 7) is 6.38. The zero-order chi connectivity index (χ0) is 14.1. The summed E-state index contributed by atoms with van der Waals surface area (Å²) in [5, 5.41) is 4.48. The normalized spacial score (nSPS) is 12.6. The van der Waals surface area contributed by atoms with E-state index in [1.807, 2.05) is 0 Å². The molecule has 20 heavy (non-hydrogen) atoms. The highest BCUT2D eigenvalue weighted by molar-refractivity contribution is 7.22. The van der Waals surface area contributed by atoms with Gasteiger partial charge in [-0.2, -0.15) is 0 Å². The van der Waals surface area contributed by atoms with Gasteiger partial charge in [-0.25, -0.2) is 4.98 Å². The molecule has 1 heterocycles. The van der Waals surface area contributed by atoms with E-state index in [2.05, 4.69) is 73.5 Å². The summed E-state index contributed by atoms with van der Waals surface area (Å²) < 4.78 is 1.23. The Balaban J connectivity index is 1.83. The monoisotopic (exact) mass is 282 g/mol. The fourth-order valence-corrected chi connectivity index (χ4v) is 3.16. The Morgan fingerprint density at radius 3 is 2.45 bits per heavy atom. The zero-order valence-corrected chi connectivity index (χ0v) is 12.8. The fourth-order valence-electron chi connectivity index (χ4n) is 2.22. The summed E-state index contributed by atoms with van der Waals surface area (Å²) in [6, 6.07) is 15.3. The van der Waals surface area contributed by atoms with E-state index in [-0.39, 0.29) is 6.04 Å². The van der Waals surface area contributed by atoms with Gasteiger partial charge >= 0.3 is 0 Å². The van der Waals surface area contributed by atoms with Crippen LogP contribution in [0.4, 0.5) is 5.13 Å². The van der Waals surface area contributed by atoms with Crippen LogP contribution in [0.5, 0.6) is 0 Å². The minimum atomic E-state index is 0.261. The van der Waals surface area contributed by atoms with Crippen molar-refractivity contribution in [3.8, 4) is 0 Å². The molecule has 0 aliphatic heterocycles. The van der Waals surface area contributed by atoms with Gasteiger partial charge in [0.2, 0.25) is 0 Å². The van der Waals surface area contributed by atoms with E-state index < -0.39 is 0 Å². The molecule has 0 fully saturated rings. The second kappa shape index (κ2) is 5.25. The van der Waals surface area contributed by atoms with Gasteiger partial charge in [0.05, 0.1) is 16.3 Å². The minimum Gasteiger partial charge on any atom is -0.355 e. The first kappa shape index (κ1) is 13.1. The molecule has 3 aromatic rings. The van der Waals surface area contributed by atoms with Gasteiger partial charge in [0, 0.05) is 0 Å². The van der Waals surface area contributed by atoms with Crippen molar-refractivity contribution in [2.75, 3.05) is 5.32 Å². The van der Waals surface area contributed by atoms with Gasteiger partial charge in [-0.1, -0.05) is 47.2 Å². The van der Waals surface area contributed by atoms with Crippen LogP contribution in [0.2, 0.25) is 0 Å². The Kier molecular flexibility index (Phi) is 3.45. The molecule has 1 N–H and O–H groups in total. The van der Waals surface area contributed by atoms with E-state index in [0.717, 1.165) is 10.6 Å². The molecule has 2 aromatic carbocycles. The van der Waals surface area contributed by atoms with Gasteiger partial charge in [0.15, 0.2) is 5.13 Å². The number of rotatable bonds is 3. The first-order chi connectivity index (χ1) is 9.61. The molecule has 2 nitrogen and oxygen atoms in total. The number of nitrogens with zero attached hydrogens (tertiary/aromatic N) is 1. The van der Waals surface area contributed by atoms with E-state index in [9.17, 15) is 0 Å². The lowest BCUT2D eigenvalue weighted by atomic mass is 10.1. The lowest BCUT2D eigenvalue weighted by molar-refractivity contribution is 0.882. The molecule has 1 atom stereocenters. The van der Waals surface area contributed by atoms with Gasteiger partial charge in [0.25, 0.3) is 0 Å². The SMILES string of the molecule is Cc1ccc(C(C)Nc2nc3cc(C)ccc3s2)cc1. The molecule has 0 amide bonds. The highest BCUT2D eigenvalue weighted by atomic mass is 32.1. The van der Waals surface area contributed by atoms with Crippen LogP contribution in [0, 0.1) is 13.8 Å². The average Bonchev–Trinajstić information content (AvgIpc) is 2.80. The van der Waals surface area contributed by atoms with E-state index in [4.69, 9.17) is 0 Å². The molecule has 102 valence electrons. The summed E-state index contributed by atoms with van der Waals surface area (Å²) in [6.07, 6.45) is 0. The maximum absolute atomic E-state index is 4.66. The van der Waals surface area contributed by atoms with E-state index in [1.54, 1.807) is 11.3 Å². The highest BCUT2D eigenvalue weighted by Crippen LogP contribution is 2.29. The van der Waals surface area contributed by atoms with Gasteiger partial charge < -0.3 is 5.32 Å². The zero-order valence-electron chi connectivity index (χ0n) is 12.0. The summed E-state index contributed by atoms with van der Waals surface area (Å²) in [5.41, 5.74) is 4.90. The topological polar surface area (TPSA) is 24.9 Å². The largest absolute Gasteiger partial charge is 0.355 e. The lowest BCUT2D eigenvalue weighted by Crippen LogP contribution is -2.05. The van der Waals surface area contributed by atoms with Crippen LogP contribution < -0.4 is 5.32 Å². The van der Waals surface area contributed by atoms with Crippen molar-refractivity contribution in [1.29, 1.82) is 0 Å². The molecule has 0 bridgehead atoms. The number of hydrogen-bond donors (Lipinski definition) is 1. The van der Waals surface area contributed by atoms with Crippen LogP contribution in [0.1, 0.15) is 29.7 Å². The van der Waals surface area contributed by atoms with Gasteiger partial charge in [0.1, 0.15) is 0 Å². The number of aryl methyl sites for hydroxylation is 2. The third-order valence-electron chi connectivity index (χ3n) is 3.46. The Morgan fingerprint density at radius 2 is 1.70 bits per heavy atom. The van der Waals surface area contributed by atoms with Crippen molar-refractivity contribution in [1.82, 2.24) is 4.98 Å². The number of aromatic nitrogens is 1. The second-order valence-corrected chi connectivity index (χ2v) is 6.30. The Labute approximate surface area is 123 Å². The van der Waals surface area contributed by atoms with Crippen molar-refractivity contribution < 1.29 is 0 Å². The van der Waals surface area contributed by atoms with Crippen LogP contribution in [0.25, 0.3) is 10.2 Å². The number of anilines is 1. The van der Waals surface area contributed by atoms with Crippen molar-refractivity contribution in [3.05, 3.63) is 59.2 Å². The Hall–Kier alpha value is -1.87. The highest BCUT2D eigenvalue weighted by Gasteiger charge is 2.09. The van der Waals surface area contributed by atoms with Gasteiger partial charge in [-0.15, -0.1) is 0 Å². The number of benzene rings is 2. The Morgan fingerprint density at radius 1 is 1.00 bits per heavy atom. The molecule has 0 spiro atoms. The third-order valence-corrected chi connectivity index (χ3v) is 4.43. The molecule has 1 unspecified atom stereocenters. The smallest absolute Gasteiger partial charge is 0.184 e. The molecule has 3 heteroatoms. The summed E-state index contributed by atoms with van der Waals surface area (Å²) in [4.78, 5) is 4.66. The summed E-state index contributed by atoms with van der Waals surface area (Å²) in [7, 11) is 0. The van der Waals surface area contributed by atoms with Crippen LogP contribution >= 0.6 is 11.3 Å². The predicted octanol–water partition coefficient (Wildman–Crippen LogP) is 5.09. The molecular weight excluding hydrogens is 264 g/mol. The molecule has 0 aliphatic rings. The van der Waals surface area contributed by atoms with Crippen molar-refractivity contribution >= 4 is 26.7 Å². The quantitative estimate of drug-likeness (QED) is 0.724. The standard InChI is InChI=1S/C17H18N2S/c1-11-4-7-14(8-5-11)13(3)18-17-19-15-10-12(2)6-9-16(15)20-17/h4-10,13H,1-3H3,(H,18,19). The van der Waals surface area contributed by atoms with E-state index in [1.165, 1.54) is 21.4 Å². The number of fused-ring (bicyclic) bond motifs is 1. The third kappa shape index (κ3) is 2.68. The first-order valence-electron chi connectivity index (χ1n) is 6.82. The van der Waals surface area contributed by atoms with E-state index in [0.29, 0.717) is 0 Å². The number of nitrogens with one attached hydrogen (secondary N) is 1. The Bertz CT molecular complexity index is 728. The maximum atomic E-state index is 4.66. The summed E-state index contributed by atoms with van der Waals surface area (Å²) >= 11 is 1.71. The van der Waals surface area contributed by atoms with Crippen LogP contribution in [-0.4, -0.2) is 4.98 Å². The van der Waals surface area contributed by atoms with Crippen LogP contribution in [0.15, 0.2) is 42.5 Å². The van der Waals surface area contributed by atoms with Crippen LogP contribution in [-0.2, 0) is 0 Å². The molecule has 3 rings (SSSR count). The summed E-state index contributed by atoms with van der Waals surface area (Å²) in [5.74, 6) is 0. The first-order valence-corrected chi connectivity index (χ1v) is 7.64. The maximum Gasteiger partial charge on any atom is 0.184 e. The predicted molar refractivity (Wildman–Crippen MR) is 87.6 cm³/mol.